The van der Waals surface area contributed by atoms with Gasteiger partial charge < -0.3 is 31.5 Å². The number of carbonyl (C=O) groups excluding carboxylic acids is 1. The Morgan fingerprint density at radius 1 is 0.964 bits per heavy atom. The summed E-state index contributed by atoms with van der Waals surface area (Å²) < 4.78 is 5.04. The number of benzene rings is 2. The summed E-state index contributed by atoms with van der Waals surface area (Å²) >= 11 is 7.74. The lowest BCUT2D eigenvalue weighted by molar-refractivity contribution is 0.104. The first-order chi connectivity index (χ1) is 13.1. The van der Waals surface area contributed by atoms with Crippen LogP contribution in [0.15, 0.2) is 54.6 Å². The predicted octanol–water partition coefficient (Wildman–Crippen LogP) is 3.36. The SMILES string of the molecule is COc1ccc(C(O)=CC(=O)c2cccc(C)c2)cc1.NC(O)=S.NC(O)=S. The smallest absolute Gasteiger partial charge is 0.251 e. The molecule has 150 valence electrons. The highest BCUT2D eigenvalue weighted by atomic mass is 32.1. The summed E-state index contributed by atoms with van der Waals surface area (Å²) in [6.07, 6.45) is 1.23. The zero-order chi connectivity index (χ0) is 21.7. The zero-order valence-electron chi connectivity index (χ0n) is 15.3. The number of ketones is 1. The van der Waals surface area contributed by atoms with Crippen LogP contribution in [0.2, 0.25) is 0 Å². The van der Waals surface area contributed by atoms with E-state index >= 15 is 0 Å². The number of thiocarbonyl (C=S) groups is 2. The Balaban J connectivity index is 0.000000776. The lowest BCUT2D eigenvalue weighted by Gasteiger charge is -2.03. The van der Waals surface area contributed by atoms with Crippen molar-refractivity contribution in [2.45, 2.75) is 6.92 Å². The lowest BCUT2D eigenvalue weighted by atomic mass is 10.1. The van der Waals surface area contributed by atoms with Crippen molar-refractivity contribution in [1.82, 2.24) is 0 Å². The van der Waals surface area contributed by atoms with E-state index in [0.717, 1.165) is 5.56 Å². The van der Waals surface area contributed by atoms with E-state index in [2.05, 4.69) is 35.9 Å². The Morgan fingerprint density at radius 3 is 1.89 bits per heavy atom. The molecule has 2 rings (SSSR count). The fourth-order valence-electron chi connectivity index (χ4n) is 1.85. The summed E-state index contributed by atoms with van der Waals surface area (Å²) in [7, 11) is 1.58. The highest BCUT2D eigenvalue weighted by molar-refractivity contribution is 7.80. The highest BCUT2D eigenvalue weighted by Crippen LogP contribution is 2.17. The van der Waals surface area contributed by atoms with Crippen molar-refractivity contribution in [3.63, 3.8) is 0 Å². The third kappa shape index (κ3) is 11.4. The number of rotatable bonds is 4. The molecule has 7 N–H and O–H groups in total. The highest BCUT2D eigenvalue weighted by Gasteiger charge is 2.06. The molecule has 0 aromatic heterocycles. The van der Waals surface area contributed by atoms with Gasteiger partial charge in [-0.3, -0.25) is 4.79 Å². The Kier molecular flexibility index (Phi) is 11.6. The third-order valence-corrected chi connectivity index (χ3v) is 2.96. The Bertz CT molecular complexity index is 816. The maximum atomic E-state index is 12.0. The number of hydrogen-bond acceptors (Lipinski definition) is 5. The van der Waals surface area contributed by atoms with Gasteiger partial charge in [-0.05, 0) is 61.7 Å². The lowest BCUT2D eigenvalue weighted by Crippen LogP contribution is -2.03. The first-order valence-electron chi connectivity index (χ1n) is 7.69. The van der Waals surface area contributed by atoms with Gasteiger partial charge in [-0.15, -0.1) is 0 Å². The third-order valence-electron chi connectivity index (χ3n) is 2.96. The van der Waals surface area contributed by atoms with Gasteiger partial charge in [0.2, 0.25) is 0 Å². The Morgan fingerprint density at radius 2 is 1.46 bits per heavy atom. The van der Waals surface area contributed by atoms with Gasteiger partial charge in [-0.1, -0.05) is 23.8 Å². The van der Waals surface area contributed by atoms with Crippen LogP contribution in [0.3, 0.4) is 0 Å². The predicted molar refractivity (Wildman–Crippen MR) is 118 cm³/mol. The molecule has 0 radical (unpaired) electrons. The van der Waals surface area contributed by atoms with Crippen molar-refractivity contribution in [3.8, 4) is 5.75 Å². The molecule has 2 aromatic rings. The van der Waals surface area contributed by atoms with E-state index < -0.39 is 10.3 Å². The van der Waals surface area contributed by atoms with E-state index in [-0.39, 0.29) is 11.5 Å². The first kappa shape index (κ1) is 24.8. The van der Waals surface area contributed by atoms with E-state index in [0.29, 0.717) is 16.9 Å². The van der Waals surface area contributed by atoms with Crippen LogP contribution in [0, 0.1) is 6.92 Å². The number of ether oxygens (including phenoxy) is 1. The molecule has 0 bridgehead atoms. The molecular formula is C19H22N2O5S2. The molecule has 9 heteroatoms. The Hall–Kier alpha value is -3.17. The minimum atomic E-state index is -0.500. The standard InChI is InChI=1S/C17H16O3.2CH3NOS/c1-12-4-3-5-14(10-12)17(19)11-16(18)13-6-8-15(20-2)9-7-13;2*2-1(3)4/h3-11,18H,1-2H3;2*(H3,2,3,4). The van der Waals surface area contributed by atoms with Crippen LogP contribution >= 0.6 is 24.4 Å². The quantitative estimate of drug-likeness (QED) is 0.217. The van der Waals surface area contributed by atoms with E-state index in [1.165, 1.54) is 6.08 Å². The number of hydrogen-bond donors (Lipinski definition) is 5. The molecular weight excluding hydrogens is 400 g/mol. The average molecular weight is 423 g/mol. The second kappa shape index (κ2) is 13.1. The maximum Gasteiger partial charge on any atom is 0.251 e. The summed E-state index contributed by atoms with van der Waals surface area (Å²) in [5.41, 5.74) is 10.9. The number of methoxy groups -OCH3 is 1. The van der Waals surface area contributed by atoms with E-state index in [1.54, 1.807) is 43.5 Å². The fraction of sp³-hybridized carbons (Fsp3) is 0.105. The number of carbonyl (C=O) groups is 1. The number of allylic oxidation sites excluding steroid dienone is 1. The molecule has 0 heterocycles. The second-order valence-corrected chi connectivity index (χ2v) is 6.00. The van der Waals surface area contributed by atoms with Crippen molar-refractivity contribution >= 4 is 46.3 Å². The van der Waals surface area contributed by atoms with Gasteiger partial charge in [0.1, 0.15) is 11.5 Å². The number of aliphatic hydroxyl groups excluding tert-OH is 3. The molecule has 0 aliphatic rings. The molecule has 2 aromatic carbocycles. The van der Waals surface area contributed by atoms with Crippen molar-refractivity contribution in [1.29, 1.82) is 0 Å². The summed E-state index contributed by atoms with van der Waals surface area (Å²) in [4.78, 5) is 12.0. The summed E-state index contributed by atoms with van der Waals surface area (Å²) in [5, 5.41) is 24.1. The van der Waals surface area contributed by atoms with Crippen molar-refractivity contribution < 1.29 is 24.9 Å². The minimum Gasteiger partial charge on any atom is -0.507 e. The molecule has 0 unspecified atom stereocenters. The molecule has 0 aliphatic carbocycles. The maximum absolute atomic E-state index is 12.0. The van der Waals surface area contributed by atoms with Gasteiger partial charge in [-0.25, -0.2) is 0 Å². The second-order valence-electron chi connectivity index (χ2n) is 5.17. The molecule has 0 atom stereocenters. The number of aliphatic hydroxyl groups is 3. The first-order valence-corrected chi connectivity index (χ1v) is 8.51. The van der Waals surface area contributed by atoms with Gasteiger partial charge in [0, 0.05) is 17.2 Å². The number of aryl methyl sites for hydroxylation is 1. The van der Waals surface area contributed by atoms with Crippen LogP contribution in [0.1, 0.15) is 21.5 Å². The zero-order valence-corrected chi connectivity index (χ0v) is 17.0. The van der Waals surface area contributed by atoms with Crippen LogP contribution in [0.25, 0.3) is 5.76 Å². The summed E-state index contributed by atoms with van der Waals surface area (Å²) in [6, 6.07) is 14.1. The normalized spacial score (nSPS) is 9.71. The molecule has 0 aliphatic heterocycles. The van der Waals surface area contributed by atoms with Crippen LogP contribution < -0.4 is 16.2 Å². The monoisotopic (exact) mass is 422 g/mol. The van der Waals surface area contributed by atoms with Gasteiger partial charge in [-0.2, -0.15) is 0 Å². The van der Waals surface area contributed by atoms with Gasteiger partial charge in [0.25, 0.3) is 10.3 Å². The van der Waals surface area contributed by atoms with Crippen LogP contribution in [0.5, 0.6) is 5.75 Å². The minimum absolute atomic E-state index is 0.0563. The molecule has 0 saturated carbocycles. The molecule has 0 fully saturated rings. The molecule has 28 heavy (non-hydrogen) atoms. The Labute approximate surface area is 173 Å². The van der Waals surface area contributed by atoms with E-state index in [9.17, 15) is 9.90 Å². The average Bonchev–Trinajstić information content (AvgIpc) is 2.60. The summed E-state index contributed by atoms with van der Waals surface area (Å²) in [5.74, 6) is 0.424. The van der Waals surface area contributed by atoms with Crippen molar-refractivity contribution in [3.05, 3.63) is 71.3 Å². The molecule has 7 nitrogen and oxygen atoms in total. The molecule has 0 amide bonds. The molecule has 0 saturated heterocycles. The van der Waals surface area contributed by atoms with Crippen LogP contribution in [-0.2, 0) is 0 Å². The largest absolute Gasteiger partial charge is 0.507 e. The van der Waals surface area contributed by atoms with Crippen molar-refractivity contribution in [2.75, 3.05) is 7.11 Å². The van der Waals surface area contributed by atoms with Crippen LogP contribution in [-0.4, -0.2) is 38.6 Å². The molecule has 0 spiro atoms. The van der Waals surface area contributed by atoms with Gasteiger partial charge >= 0.3 is 0 Å². The van der Waals surface area contributed by atoms with Gasteiger partial charge in [0.15, 0.2) is 5.78 Å². The van der Waals surface area contributed by atoms with Gasteiger partial charge in [0.05, 0.1) is 7.11 Å². The van der Waals surface area contributed by atoms with Crippen LogP contribution in [0.4, 0.5) is 0 Å². The fourth-order valence-corrected chi connectivity index (χ4v) is 1.85. The topological polar surface area (TPSA) is 139 Å². The van der Waals surface area contributed by atoms with E-state index in [1.807, 2.05) is 19.1 Å². The number of nitrogens with two attached hydrogens (primary N) is 2. The van der Waals surface area contributed by atoms with Crippen molar-refractivity contribution in [2.24, 2.45) is 11.5 Å². The van der Waals surface area contributed by atoms with E-state index in [4.69, 9.17) is 14.9 Å². The summed E-state index contributed by atoms with van der Waals surface area (Å²) in [6.45, 7) is 1.92.